The first kappa shape index (κ1) is 21.1. The third-order valence-electron chi connectivity index (χ3n) is 5.04. The van der Waals surface area contributed by atoms with Gasteiger partial charge in [-0.2, -0.15) is 0 Å². The van der Waals surface area contributed by atoms with Gasteiger partial charge in [-0.1, -0.05) is 12.1 Å². The highest BCUT2D eigenvalue weighted by atomic mass is 32.1. The quantitative estimate of drug-likeness (QED) is 0.500. The van der Waals surface area contributed by atoms with Gasteiger partial charge in [0.1, 0.15) is 22.3 Å². The number of hydrogen-bond acceptors (Lipinski definition) is 6. The van der Waals surface area contributed by atoms with Crippen molar-refractivity contribution in [3.05, 3.63) is 59.1 Å². The molecule has 0 bridgehead atoms. The molecule has 0 saturated carbocycles. The summed E-state index contributed by atoms with van der Waals surface area (Å²) in [6.07, 6.45) is 0.976. The Morgan fingerprint density at radius 3 is 2.31 bits per heavy atom. The number of ether oxygens (including phenoxy) is 3. The topological polar surface area (TPSA) is 43.8 Å². The molecule has 0 spiro atoms. The Hall–Kier alpha value is -2.57. The molecule has 0 aliphatic heterocycles. The first-order valence-corrected chi connectivity index (χ1v) is 10.4. The van der Waals surface area contributed by atoms with E-state index in [2.05, 4.69) is 36.4 Å². The molecule has 0 saturated heterocycles. The molecule has 154 valence electrons. The van der Waals surface area contributed by atoms with E-state index >= 15 is 0 Å². The minimum atomic E-state index is 0.393. The van der Waals surface area contributed by atoms with Crippen LogP contribution in [0.1, 0.15) is 18.2 Å². The molecule has 0 radical (unpaired) electrons. The van der Waals surface area contributed by atoms with E-state index in [0.717, 1.165) is 46.5 Å². The molecule has 3 rings (SSSR count). The van der Waals surface area contributed by atoms with E-state index in [9.17, 15) is 0 Å². The summed E-state index contributed by atoms with van der Waals surface area (Å²) in [7, 11) is 7.15. The second-order valence-corrected chi connectivity index (χ2v) is 7.88. The van der Waals surface area contributed by atoms with E-state index in [4.69, 9.17) is 19.2 Å². The van der Waals surface area contributed by atoms with Crippen LogP contribution in [0, 0.1) is 0 Å². The molecule has 1 atom stereocenters. The number of likely N-dealkylation sites (N-methyl/N-ethyl adjacent to an activating group) is 1. The van der Waals surface area contributed by atoms with E-state index in [1.54, 1.807) is 32.7 Å². The monoisotopic (exact) mass is 412 g/mol. The molecule has 3 aromatic rings. The van der Waals surface area contributed by atoms with Crippen molar-refractivity contribution in [3.8, 4) is 27.8 Å². The van der Waals surface area contributed by atoms with Crippen LogP contribution in [0.25, 0.3) is 10.6 Å². The average Bonchev–Trinajstić information content (AvgIpc) is 3.21. The smallest absolute Gasteiger partial charge is 0.132 e. The maximum Gasteiger partial charge on any atom is 0.132 e. The molecular weight excluding hydrogens is 384 g/mol. The molecule has 1 heterocycles. The molecule has 29 heavy (non-hydrogen) atoms. The van der Waals surface area contributed by atoms with Crippen molar-refractivity contribution >= 4 is 11.3 Å². The Bertz CT molecular complexity index is 924. The summed E-state index contributed by atoms with van der Waals surface area (Å²) in [6.45, 7) is 3.04. The van der Waals surface area contributed by atoms with E-state index in [1.165, 1.54) is 5.56 Å². The number of methoxy groups -OCH3 is 3. The molecule has 0 fully saturated rings. The minimum Gasteiger partial charge on any atom is -0.497 e. The number of benzene rings is 2. The number of hydrogen-bond donors (Lipinski definition) is 0. The summed E-state index contributed by atoms with van der Waals surface area (Å²) < 4.78 is 16.0. The first-order valence-electron chi connectivity index (χ1n) is 9.54. The molecule has 6 heteroatoms. The SMILES string of the molecule is COc1ccc(CC(C)N(C)Cc2csc(-c3ccc(OC)cc3OC)n2)cc1. The summed E-state index contributed by atoms with van der Waals surface area (Å²) >= 11 is 1.63. The van der Waals surface area contributed by atoms with Crippen LogP contribution < -0.4 is 14.2 Å². The summed E-state index contributed by atoms with van der Waals surface area (Å²) in [5.74, 6) is 2.43. The van der Waals surface area contributed by atoms with Crippen molar-refractivity contribution in [3.63, 3.8) is 0 Å². The van der Waals surface area contributed by atoms with Crippen LogP contribution in [0.4, 0.5) is 0 Å². The molecule has 1 unspecified atom stereocenters. The summed E-state index contributed by atoms with van der Waals surface area (Å²) in [5.41, 5.74) is 3.34. The largest absolute Gasteiger partial charge is 0.497 e. The molecule has 0 N–H and O–H groups in total. The highest BCUT2D eigenvalue weighted by Gasteiger charge is 2.15. The van der Waals surface area contributed by atoms with Crippen LogP contribution in [0.3, 0.4) is 0 Å². The Morgan fingerprint density at radius 2 is 1.66 bits per heavy atom. The Kier molecular flexibility index (Phi) is 7.12. The van der Waals surface area contributed by atoms with Gasteiger partial charge in [0.25, 0.3) is 0 Å². The maximum absolute atomic E-state index is 5.52. The van der Waals surface area contributed by atoms with Crippen molar-refractivity contribution in [1.82, 2.24) is 9.88 Å². The number of rotatable bonds is 9. The zero-order chi connectivity index (χ0) is 20.8. The third kappa shape index (κ3) is 5.28. The van der Waals surface area contributed by atoms with Gasteiger partial charge in [-0.05, 0) is 50.2 Å². The van der Waals surface area contributed by atoms with Gasteiger partial charge < -0.3 is 14.2 Å². The number of thiazole rings is 1. The van der Waals surface area contributed by atoms with Crippen molar-refractivity contribution in [1.29, 1.82) is 0 Å². The Morgan fingerprint density at radius 1 is 0.966 bits per heavy atom. The van der Waals surface area contributed by atoms with Crippen LogP contribution in [-0.2, 0) is 13.0 Å². The molecule has 0 aliphatic carbocycles. The van der Waals surface area contributed by atoms with Crippen molar-refractivity contribution in [2.75, 3.05) is 28.4 Å². The molecular formula is C23H28N2O3S. The fourth-order valence-electron chi connectivity index (χ4n) is 3.15. The van der Waals surface area contributed by atoms with Crippen molar-refractivity contribution in [2.24, 2.45) is 0 Å². The van der Waals surface area contributed by atoms with Crippen molar-refractivity contribution in [2.45, 2.75) is 25.9 Å². The highest BCUT2D eigenvalue weighted by Crippen LogP contribution is 2.35. The normalized spacial score (nSPS) is 12.1. The standard InChI is InChI=1S/C23H28N2O3S/c1-16(12-17-6-8-19(26-3)9-7-17)25(2)14-18-15-29-23(24-18)21-11-10-20(27-4)13-22(21)28-5/h6-11,13,15-16H,12,14H2,1-5H3. The lowest BCUT2D eigenvalue weighted by atomic mass is 10.1. The van der Waals surface area contributed by atoms with E-state index < -0.39 is 0 Å². The number of aromatic nitrogens is 1. The van der Waals surface area contributed by atoms with Gasteiger partial charge >= 0.3 is 0 Å². The van der Waals surface area contributed by atoms with Gasteiger partial charge in [-0.25, -0.2) is 4.98 Å². The van der Waals surface area contributed by atoms with Crippen LogP contribution in [0.5, 0.6) is 17.2 Å². The van der Waals surface area contributed by atoms with Crippen LogP contribution in [0.2, 0.25) is 0 Å². The van der Waals surface area contributed by atoms with Gasteiger partial charge in [0.2, 0.25) is 0 Å². The molecule has 5 nitrogen and oxygen atoms in total. The van der Waals surface area contributed by atoms with Crippen LogP contribution in [0.15, 0.2) is 47.8 Å². The van der Waals surface area contributed by atoms with Crippen LogP contribution >= 0.6 is 11.3 Å². The van der Waals surface area contributed by atoms with Gasteiger partial charge in [0.05, 0.1) is 32.6 Å². The molecule has 1 aromatic heterocycles. The van der Waals surface area contributed by atoms with Crippen LogP contribution in [-0.4, -0.2) is 44.3 Å². The van der Waals surface area contributed by atoms with Gasteiger partial charge in [0.15, 0.2) is 0 Å². The first-order chi connectivity index (χ1) is 14.0. The summed E-state index contributed by atoms with van der Waals surface area (Å²) in [6, 6.07) is 14.5. The average molecular weight is 413 g/mol. The molecule has 0 amide bonds. The third-order valence-corrected chi connectivity index (χ3v) is 5.97. The second-order valence-electron chi connectivity index (χ2n) is 7.03. The predicted octanol–water partition coefficient (Wildman–Crippen LogP) is 4.90. The zero-order valence-electron chi connectivity index (χ0n) is 17.6. The van der Waals surface area contributed by atoms with Gasteiger partial charge in [-0.15, -0.1) is 11.3 Å². The zero-order valence-corrected chi connectivity index (χ0v) is 18.5. The fourth-order valence-corrected chi connectivity index (χ4v) is 3.99. The summed E-state index contributed by atoms with van der Waals surface area (Å²) in [5, 5.41) is 3.08. The maximum atomic E-state index is 5.52. The number of nitrogens with zero attached hydrogens (tertiary/aromatic N) is 2. The van der Waals surface area contributed by atoms with E-state index in [1.807, 2.05) is 30.3 Å². The van der Waals surface area contributed by atoms with Crippen molar-refractivity contribution < 1.29 is 14.2 Å². The van der Waals surface area contributed by atoms with Gasteiger partial charge in [0, 0.05) is 24.0 Å². The molecule has 0 aliphatic rings. The Balaban J connectivity index is 1.66. The lowest BCUT2D eigenvalue weighted by Gasteiger charge is -2.24. The lowest BCUT2D eigenvalue weighted by molar-refractivity contribution is 0.246. The molecule has 2 aromatic carbocycles. The Labute approximate surface area is 176 Å². The predicted molar refractivity (Wildman–Crippen MR) is 118 cm³/mol. The second kappa shape index (κ2) is 9.76. The minimum absolute atomic E-state index is 0.393. The van der Waals surface area contributed by atoms with E-state index in [-0.39, 0.29) is 0 Å². The van der Waals surface area contributed by atoms with Gasteiger partial charge in [-0.3, -0.25) is 4.90 Å². The fraction of sp³-hybridized carbons (Fsp3) is 0.348. The summed E-state index contributed by atoms with van der Waals surface area (Å²) in [4.78, 5) is 7.16. The lowest BCUT2D eigenvalue weighted by Crippen LogP contribution is -2.30. The highest BCUT2D eigenvalue weighted by molar-refractivity contribution is 7.13. The van der Waals surface area contributed by atoms with E-state index in [0.29, 0.717) is 6.04 Å².